The van der Waals surface area contributed by atoms with Crippen LogP contribution in [-0.2, 0) is 4.79 Å². The number of nitrogens with two attached hydrogens (primary N) is 1. The SMILES string of the molecule is CCSc1sccc1[C@@H]1C(C#N)=C(N)N(c2ccc(Br)cc2)C2=C1C(=O)CCC2. The maximum Gasteiger partial charge on any atom is 0.161 e. The Labute approximate surface area is 187 Å². The Morgan fingerprint density at radius 1 is 1.31 bits per heavy atom. The lowest BCUT2D eigenvalue weighted by molar-refractivity contribution is -0.116. The van der Waals surface area contributed by atoms with Gasteiger partial charge in [0.15, 0.2) is 5.78 Å². The number of hydrogen-bond acceptors (Lipinski definition) is 6. The van der Waals surface area contributed by atoms with Crippen LogP contribution in [-0.4, -0.2) is 11.5 Å². The van der Waals surface area contributed by atoms with E-state index in [0.29, 0.717) is 17.8 Å². The number of allylic oxidation sites excluding steroid dienone is 3. The van der Waals surface area contributed by atoms with Gasteiger partial charge in [0.25, 0.3) is 0 Å². The maximum absolute atomic E-state index is 13.1. The summed E-state index contributed by atoms with van der Waals surface area (Å²) in [4.78, 5) is 15.0. The molecule has 1 aromatic heterocycles. The van der Waals surface area contributed by atoms with Crippen LogP contribution in [0.1, 0.15) is 37.7 Å². The van der Waals surface area contributed by atoms with E-state index < -0.39 is 0 Å². The van der Waals surface area contributed by atoms with Gasteiger partial charge in [0.2, 0.25) is 0 Å². The van der Waals surface area contributed by atoms with E-state index in [1.54, 1.807) is 23.1 Å². The minimum Gasteiger partial charge on any atom is -0.384 e. The third kappa shape index (κ3) is 3.54. The minimum atomic E-state index is -0.380. The molecule has 1 atom stereocenters. The zero-order chi connectivity index (χ0) is 20.5. The molecular weight excluding hydrogens is 466 g/mol. The summed E-state index contributed by atoms with van der Waals surface area (Å²) in [6.45, 7) is 2.11. The Kier molecular flexibility index (Phi) is 5.86. The number of benzene rings is 1. The summed E-state index contributed by atoms with van der Waals surface area (Å²) >= 11 is 6.87. The molecule has 0 fully saturated rings. The lowest BCUT2D eigenvalue weighted by atomic mass is 9.76. The largest absolute Gasteiger partial charge is 0.384 e. The van der Waals surface area contributed by atoms with Gasteiger partial charge in [0, 0.05) is 27.9 Å². The maximum atomic E-state index is 13.1. The normalized spacial score (nSPS) is 19.4. The summed E-state index contributed by atoms with van der Waals surface area (Å²) in [5.41, 5.74) is 10.6. The molecule has 1 aliphatic heterocycles. The number of thioether (sulfide) groups is 1. The molecule has 0 radical (unpaired) electrons. The first-order valence-electron chi connectivity index (χ1n) is 9.48. The summed E-state index contributed by atoms with van der Waals surface area (Å²) in [6, 6.07) is 12.2. The molecule has 1 aliphatic carbocycles. The molecule has 2 aromatic rings. The van der Waals surface area contributed by atoms with Crippen LogP contribution in [0.3, 0.4) is 0 Å². The fourth-order valence-electron chi connectivity index (χ4n) is 4.05. The number of Topliss-reactive ketones (excluding diaryl/α,β-unsaturated/α-hetero) is 1. The Morgan fingerprint density at radius 3 is 2.76 bits per heavy atom. The van der Waals surface area contributed by atoms with E-state index in [0.717, 1.165) is 49.8 Å². The predicted molar refractivity (Wildman–Crippen MR) is 123 cm³/mol. The van der Waals surface area contributed by atoms with Crippen LogP contribution in [0.25, 0.3) is 0 Å². The summed E-state index contributed by atoms with van der Waals surface area (Å²) in [5, 5.41) is 12.1. The summed E-state index contributed by atoms with van der Waals surface area (Å²) in [7, 11) is 0. The molecule has 2 heterocycles. The standard InChI is InChI=1S/C22H20BrN3OS2/c1-2-28-22-15(10-11-29-22)19-16(12-24)21(25)26(14-8-6-13(23)7-9-14)17-4-3-5-18(27)20(17)19/h6-11,19H,2-5,25H2,1H3/t19-/m1/s1. The highest BCUT2D eigenvalue weighted by Gasteiger charge is 2.41. The smallest absolute Gasteiger partial charge is 0.161 e. The molecule has 4 nitrogen and oxygen atoms in total. The number of halogens is 1. The van der Waals surface area contributed by atoms with Gasteiger partial charge in [-0.1, -0.05) is 22.9 Å². The minimum absolute atomic E-state index is 0.122. The van der Waals surface area contributed by atoms with Gasteiger partial charge in [-0.3, -0.25) is 9.69 Å². The van der Waals surface area contributed by atoms with Crippen LogP contribution in [0.4, 0.5) is 5.69 Å². The van der Waals surface area contributed by atoms with Crippen molar-refractivity contribution < 1.29 is 4.79 Å². The highest BCUT2D eigenvalue weighted by atomic mass is 79.9. The lowest BCUT2D eigenvalue weighted by Gasteiger charge is -2.39. The van der Waals surface area contributed by atoms with Crippen molar-refractivity contribution in [1.29, 1.82) is 5.26 Å². The molecule has 148 valence electrons. The van der Waals surface area contributed by atoms with Crippen molar-refractivity contribution in [3.8, 4) is 6.07 Å². The van der Waals surface area contributed by atoms with E-state index in [1.807, 2.05) is 40.6 Å². The van der Waals surface area contributed by atoms with Crippen LogP contribution >= 0.6 is 39.0 Å². The molecule has 7 heteroatoms. The Hall–Kier alpha value is -2.01. The van der Waals surface area contributed by atoms with Crippen molar-refractivity contribution in [2.24, 2.45) is 5.73 Å². The number of carbonyl (C=O) groups excluding carboxylic acids is 1. The van der Waals surface area contributed by atoms with Crippen LogP contribution in [0.15, 0.2) is 67.1 Å². The number of nitrogens with zero attached hydrogens (tertiary/aromatic N) is 2. The number of hydrogen-bond donors (Lipinski definition) is 1. The van der Waals surface area contributed by atoms with Gasteiger partial charge in [-0.05, 0) is 59.9 Å². The zero-order valence-electron chi connectivity index (χ0n) is 15.9. The molecule has 0 spiro atoms. The second-order valence-corrected chi connectivity index (χ2v) is 10.3. The highest BCUT2D eigenvalue weighted by Crippen LogP contribution is 2.49. The van der Waals surface area contributed by atoms with E-state index in [-0.39, 0.29) is 11.7 Å². The number of rotatable bonds is 4. The second kappa shape index (κ2) is 8.39. The first-order valence-corrected chi connectivity index (χ1v) is 12.1. The molecule has 0 amide bonds. The Bertz CT molecular complexity index is 1060. The average Bonchev–Trinajstić information content (AvgIpc) is 3.16. The van der Waals surface area contributed by atoms with Crippen LogP contribution in [0, 0.1) is 11.3 Å². The summed E-state index contributed by atoms with van der Waals surface area (Å²) < 4.78 is 2.12. The number of anilines is 1. The molecule has 2 N–H and O–H groups in total. The lowest BCUT2D eigenvalue weighted by Crippen LogP contribution is -2.38. The van der Waals surface area contributed by atoms with Gasteiger partial charge in [0.1, 0.15) is 5.82 Å². The van der Waals surface area contributed by atoms with Gasteiger partial charge in [-0.25, -0.2) is 0 Å². The highest BCUT2D eigenvalue weighted by molar-refractivity contribution is 9.10. The zero-order valence-corrected chi connectivity index (χ0v) is 19.2. The van der Waals surface area contributed by atoms with Crippen molar-refractivity contribution in [2.75, 3.05) is 10.7 Å². The van der Waals surface area contributed by atoms with E-state index in [4.69, 9.17) is 5.73 Å². The number of nitriles is 1. The average molecular weight is 486 g/mol. The van der Waals surface area contributed by atoms with Crippen molar-refractivity contribution in [2.45, 2.75) is 36.3 Å². The summed E-state index contributed by atoms with van der Waals surface area (Å²) in [5.74, 6) is 1.10. The van der Waals surface area contributed by atoms with E-state index >= 15 is 0 Å². The van der Waals surface area contributed by atoms with Gasteiger partial charge < -0.3 is 5.73 Å². The molecule has 0 saturated carbocycles. The molecule has 0 bridgehead atoms. The van der Waals surface area contributed by atoms with E-state index in [9.17, 15) is 10.1 Å². The second-order valence-electron chi connectivity index (χ2n) is 6.89. The molecule has 2 aliphatic rings. The van der Waals surface area contributed by atoms with Gasteiger partial charge in [-0.15, -0.1) is 23.1 Å². The molecule has 4 rings (SSSR count). The van der Waals surface area contributed by atoms with Crippen molar-refractivity contribution in [3.63, 3.8) is 0 Å². The fraction of sp³-hybridized carbons (Fsp3) is 0.273. The molecule has 0 unspecified atom stereocenters. The Morgan fingerprint density at radius 2 is 2.07 bits per heavy atom. The Balaban J connectivity index is 1.94. The van der Waals surface area contributed by atoms with Gasteiger partial charge in [-0.2, -0.15) is 5.26 Å². The molecule has 29 heavy (non-hydrogen) atoms. The van der Waals surface area contributed by atoms with Crippen molar-refractivity contribution in [3.05, 3.63) is 68.4 Å². The van der Waals surface area contributed by atoms with Crippen LogP contribution < -0.4 is 10.6 Å². The predicted octanol–water partition coefficient (Wildman–Crippen LogP) is 5.93. The monoisotopic (exact) mass is 485 g/mol. The third-order valence-corrected chi connectivity index (χ3v) is 7.92. The molecular formula is C22H20BrN3OS2. The first kappa shape index (κ1) is 20.3. The topological polar surface area (TPSA) is 70.1 Å². The quantitative estimate of drug-likeness (QED) is 0.543. The van der Waals surface area contributed by atoms with Crippen LogP contribution in [0.5, 0.6) is 0 Å². The molecule has 1 aromatic carbocycles. The number of carbonyl (C=O) groups is 1. The third-order valence-electron chi connectivity index (χ3n) is 5.24. The van der Waals surface area contributed by atoms with Gasteiger partial charge >= 0.3 is 0 Å². The van der Waals surface area contributed by atoms with Crippen LogP contribution in [0.2, 0.25) is 0 Å². The van der Waals surface area contributed by atoms with Crippen molar-refractivity contribution >= 4 is 50.5 Å². The van der Waals surface area contributed by atoms with E-state index in [2.05, 4.69) is 28.9 Å². The molecule has 0 saturated heterocycles. The first-order chi connectivity index (χ1) is 14.1. The van der Waals surface area contributed by atoms with E-state index in [1.165, 1.54) is 0 Å². The number of ketones is 1. The van der Waals surface area contributed by atoms with Gasteiger partial charge in [0.05, 0.1) is 21.8 Å². The van der Waals surface area contributed by atoms with Crippen molar-refractivity contribution in [1.82, 2.24) is 0 Å². The summed E-state index contributed by atoms with van der Waals surface area (Å²) in [6.07, 6.45) is 2.09. The fourth-order valence-corrected chi connectivity index (χ4v) is 6.38. The number of thiophene rings is 1.